The third kappa shape index (κ3) is 3.73. The van der Waals surface area contributed by atoms with Crippen LogP contribution in [0, 0.1) is 11.8 Å². The Labute approximate surface area is 176 Å². The van der Waals surface area contributed by atoms with E-state index >= 15 is 0 Å². The summed E-state index contributed by atoms with van der Waals surface area (Å²) in [5.41, 5.74) is 1.71. The second-order valence-electron chi connectivity index (χ2n) is 8.44. The minimum Gasteiger partial charge on any atom is -0.354 e. The van der Waals surface area contributed by atoms with Gasteiger partial charge in [-0.25, -0.2) is 0 Å². The van der Waals surface area contributed by atoms with Crippen LogP contribution in [0.3, 0.4) is 0 Å². The molecule has 2 aromatic rings. The SMILES string of the molecule is Cl.O=C(Cc1[nH]nc2ccccc12)NC[C@H]1[C@@H]2CNC[C@@H](C2)[C@@H]2CCCC(=O)N21. The third-order valence-electron chi connectivity index (χ3n) is 6.79. The Balaban J connectivity index is 0.00000205. The molecule has 2 bridgehead atoms. The molecule has 1 aromatic heterocycles. The molecular weight excluding hydrogens is 390 g/mol. The number of carbonyl (C=O) groups excluding carboxylic acids is 2. The van der Waals surface area contributed by atoms with Gasteiger partial charge in [0.1, 0.15) is 0 Å². The van der Waals surface area contributed by atoms with Crippen LogP contribution in [0.1, 0.15) is 31.4 Å². The highest BCUT2D eigenvalue weighted by molar-refractivity contribution is 5.87. The molecule has 0 aliphatic carbocycles. The maximum Gasteiger partial charge on any atom is 0.226 e. The average molecular weight is 418 g/mol. The van der Waals surface area contributed by atoms with Crippen LogP contribution in [0.5, 0.6) is 0 Å². The number of halogens is 1. The summed E-state index contributed by atoms with van der Waals surface area (Å²) in [5, 5.41) is 14.9. The molecule has 8 heteroatoms. The number of rotatable bonds is 4. The lowest BCUT2D eigenvalue weighted by atomic mass is 9.72. The van der Waals surface area contributed by atoms with E-state index in [2.05, 4.69) is 25.7 Å². The number of hydrogen-bond acceptors (Lipinski definition) is 4. The molecule has 29 heavy (non-hydrogen) atoms. The van der Waals surface area contributed by atoms with Crippen LogP contribution >= 0.6 is 12.4 Å². The highest BCUT2D eigenvalue weighted by Gasteiger charge is 2.47. The molecule has 4 heterocycles. The molecule has 7 nitrogen and oxygen atoms in total. The molecule has 3 aliphatic heterocycles. The van der Waals surface area contributed by atoms with Gasteiger partial charge < -0.3 is 15.5 Å². The summed E-state index contributed by atoms with van der Waals surface area (Å²) in [6.45, 7) is 2.47. The lowest BCUT2D eigenvalue weighted by molar-refractivity contribution is -0.149. The Hall–Kier alpha value is -2.12. The van der Waals surface area contributed by atoms with Crippen molar-refractivity contribution in [1.82, 2.24) is 25.7 Å². The zero-order chi connectivity index (χ0) is 19.1. The molecule has 1 aromatic carbocycles. The molecule has 2 amide bonds. The first-order valence-electron chi connectivity index (χ1n) is 10.4. The van der Waals surface area contributed by atoms with Gasteiger partial charge in [0.15, 0.2) is 0 Å². The molecule has 0 spiro atoms. The van der Waals surface area contributed by atoms with Gasteiger partial charge in [-0.3, -0.25) is 14.7 Å². The van der Waals surface area contributed by atoms with Crippen molar-refractivity contribution >= 4 is 35.1 Å². The molecular formula is C21H28ClN5O2. The zero-order valence-electron chi connectivity index (χ0n) is 16.4. The molecule has 3 fully saturated rings. The molecule has 3 aliphatic rings. The van der Waals surface area contributed by atoms with Crippen molar-refractivity contribution in [2.24, 2.45) is 11.8 Å². The zero-order valence-corrected chi connectivity index (χ0v) is 17.2. The van der Waals surface area contributed by atoms with Crippen LogP contribution in [-0.2, 0) is 16.0 Å². The molecule has 5 rings (SSSR count). The van der Waals surface area contributed by atoms with Gasteiger partial charge in [-0.15, -0.1) is 12.4 Å². The number of carbonyl (C=O) groups is 2. The molecule has 4 atom stereocenters. The van der Waals surface area contributed by atoms with Crippen molar-refractivity contribution in [2.75, 3.05) is 19.6 Å². The summed E-state index contributed by atoms with van der Waals surface area (Å²) in [4.78, 5) is 27.5. The molecule has 0 saturated carbocycles. The normalized spacial score (nSPS) is 28.6. The number of para-hydroxylation sites is 1. The van der Waals surface area contributed by atoms with E-state index in [1.807, 2.05) is 24.3 Å². The minimum absolute atomic E-state index is 0. The lowest BCUT2D eigenvalue weighted by Gasteiger charge is -2.54. The number of benzene rings is 1. The van der Waals surface area contributed by atoms with E-state index in [0.29, 0.717) is 30.8 Å². The summed E-state index contributed by atoms with van der Waals surface area (Å²) < 4.78 is 0. The predicted octanol–water partition coefficient (Wildman–Crippen LogP) is 1.63. The fourth-order valence-corrected chi connectivity index (χ4v) is 5.49. The quantitative estimate of drug-likeness (QED) is 0.705. The van der Waals surface area contributed by atoms with E-state index in [4.69, 9.17) is 0 Å². The van der Waals surface area contributed by atoms with Crippen molar-refractivity contribution in [3.05, 3.63) is 30.0 Å². The second-order valence-corrected chi connectivity index (χ2v) is 8.44. The van der Waals surface area contributed by atoms with Crippen LogP contribution in [0.2, 0.25) is 0 Å². The van der Waals surface area contributed by atoms with Crippen LogP contribution in [0.4, 0.5) is 0 Å². The molecule has 0 unspecified atom stereocenters. The Kier molecular flexibility index (Phi) is 5.79. The first-order chi connectivity index (χ1) is 13.7. The van der Waals surface area contributed by atoms with Crippen LogP contribution in [-0.4, -0.2) is 58.6 Å². The fraction of sp³-hybridized carbons (Fsp3) is 0.571. The van der Waals surface area contributed by atoms with Gasteiger partial charge in [-0.2, -0.15) is 5.10 Å². The summed E-state index contributed by atoms with van der Waals surface area (Å²) in [6.07, 6.45) is 4.17. The van der Waals surface area contributed by atoms with Crippen LogP contribution in [0.25, 0.3) is 10.9 Å². The number of nitrogens with one attached hydrogen (secondary N) is 3. The van der Waals surface area contributed by atoms with Gasteiger partial charge in [-0.1, -0.05) is 18.2 Å². The number of nitrogens with zero attached hydrogens (tertiary/aromatic N) is 2. The number of aromatic nitrogens is 2. The van der Waals surface area contributed by atoms with Crippen LogP contribution < -0.4 is 10.6 Å². The standard InChI is InChI=1S/C21H27N5O2.ClH/c27-20(9-17-15-4-1-2-5-16(15)24-25-17)23-12-19-14-8-13(10-22-11-14)18-6-3-7-21(28)26(18)19;/h1-2,4-5,13-14,18-19,22H,3,6-12H2,(H,23,27)(H,24,25);1H/t13-,14+,18+,19+;/m1./s1. The number of hydrogen-bond donors (Lipinski definition) is 3. The largest absolute Gasteiger partial charge is 0.354 e. The fourth-order valence-electron chi connectivity index (χ4n) is 5.49. The van der Waals surface area contributed by atoms with Gasteiger partial charge >= 0.3 is 0 Å². The lowest BCUT2D eigenvalue weighted by Crippen LogP contribution is -2.66. The first-order valence-corrected chi connectivity index (χ1v) is 10.4. The van der Waals surface area contributed by atoms with E-state index < -0.39 is 0 Å². The number of H-pyrrole nitrogens is 1. The molecule has 3 saturated heterocycles. The predicted molar refractivity (Wildman–Crippen MR) is 113 cm³/mol. The average Bonchev–Trinajstić information content (AvgIpc) is 3.11. The van der Waals surface area contributed by atoms with Gasteiger partial charge in [-0.05, 0) is 43.7 Å². The second kappa shape index (κ2) is 8.32. The summed E-state index contributed by atoms with van der Waals surface area (Å²) in [6, 6.07) is 8.24. The number of fused-ring (bicyclic) bond motifs is 5. The number of piperidine rings is 3. The van der Waals surface area contributed by atoms with Crippen molar-refractivity contribution in [3.8, 4) is 0 Å². The molecule has 3 N–H and O–H groups in total. The maximum atomic E-state index is 12.7. The highest BCUT2D eigenvalue weighted by Crippen LogP contribution is 2.39. The number of amides is 2. The van der Waals surface area contributed by atoms with Crippen molar-refractivity contribution in [3.63, 3.8) is 0 Å². The molecule has 0 radical (unpaired) electrons. The first kappa shape index (κ1) is 20.2. The Morgan fingerprint density at radius 3 is 2.97 bits per heavy atom. The van der Waals surface area contributed by atoms with Gasteiger partial charge in [0, 0.05) is 30.9 Å². The van der Waals surface area contributed by atoms with Gasteiger partial charge in [0.2, 0.25) is 11.8 Å². The maximum absolute atomic E-state index is 12.7. The Bertz CT molecular complexity index is 900. The van der Waals surface area contributed by atoms with Crippen molar-refractivity contribution in [1.29, 1.82) is 0 Å². The molecule has 156 valence electrons. The van der Waals surface area contributed by atoms with Crippen LogP contribution in [0.15, 0.2) is 24.3 Å². The van der Waals surface area contributed by atoms with Crippen molar-refractivity contribution < 1.29 is 9.59 Å². The van der Waals surface area contributed by atoms with E-state index in [9.17, 15) is 9.59 Å². The Morgan fingerprint density at radius 1 is 1.24 bits per heavy atom. The highest BCUT2D eigenvalue weighted by atomic mass is 35.5. The third-order valence-corrected chi connectivity index (χ3v) is 6.79. The van der Waals surface area contributed by atoms with E-state index in [0.717, 1.165) is 48.9 Å². The van der Waals surface area contributed by atoms with Gasteiger partial charge in [0.25, 0.3) is 0 Å². The summed E-state index contributed by atoms with van der Waals surface area (Å²) >= 11 is 0. The van der Waals surface area contributed by atoms with E-state index in [1.54, 1.807) is 0 Å². The van der Waals surface area contributed by atoms with E-state index in [1.165, 1.54) is 0 Å². The smallest absolute Gasteiger partial charge is 0.226 e. The Morgan fingerprint density at radius 2 is 2.07 bits per heavy atom. The summed E-state index contributed by atoms with van der Waals surface area (Å²) in [7, 11) is 0. The van der Waals surface area contributed by atoms with Gasteiger partial charge in [0.05, 0.1) is 23.7 Å². The van der Waals surface area contributed by atoms with Crippen molar-refractivity contribution in [2.45, 2.75) is 44.2 Å². The van der Waals surface area contributed by atoms with E-state index in [-0.39, 0.29) is 36.7 Å². The summed E-state index contributed by atoms with van der Waals surface area (Å²) in [5.74, 6) is 1.23. The topological polar surface area (TPSA) is 90.1 Å². The monoisotopic (exact) mass is 417 g/mol. The number of aromatic amines is 1. The minimum atomic E-state index is -0.0266.